The number of hydrogen-bond acceptors (Lipinski definition) is 5. The molecule has 3 rings (SSSR count). The summed E-state index contributed by atoms with van der Waals surface area (Å²) in [7, 11) is 1.74. The van der Waals surface area contributed by atoms with Crippen LogP contribution in [-0.4, -0.2) is 38.4 Å². The van der Waals surface area contributed by atoms with E-state index in [1.165, 1.54) is 11.3 Å². The van der Waals surface area contributed by atoms with E-state index in [-0.39, 0.29) is 24.5 Å². The summed E-state index contributed by atoms with van der Waals surface area (Å²) in [6, 6.07) is 3.64. The predicted octanol–water partition coefficient (Wildman–Crippen LogP) is 1.91. The van der Waals surface area contributed by atoms with Gasteiger partial charge in [-0.2, -0.15) is 0 Å². The van der Waals surface area contributed by atoms with Crippen molar-refractivity contribution in [2.45, 2.75) is 38.8 Å². The number of hydrogen-bond donors (Lipinski definition) is 0. The molecule has 1 amide bonds. The van der Waals surface area contributed by atoms with Gasteiger partial charge in [0.2, 0.25) is 5.91 Å². The first-order valence-corrected chi connectivity index (χ1v) is 8.24. The van der Waals surface area contributed by atoms with E-state index in [4.69, 9.17) is 0 Å². The highest BCUT2D eigenvalue weighted by molar-refractivity contribution is 7.12. The minimum absolute atomic E-state index is 0.0279. The Labute approximate surface area is 132 Å². The standard InChI is InChI=1S/C15H18N4O2S/c1-18(10-14-17-16-13-5-2-8-19(13)14)15(21)7-6-11(20)12-4-3-9-22-12/h3-4,9H,2,5-8,10H2,1H3. The van der Waals surface area contributed by atoms with Crippen molar-refractivity contribution in [3.8, 4) is 0 Å². The summed E-state index contributed by atoms with van der Waals surface area (Å²) < 4.78 is 2.08. The Morgan fingerprint density at radius 2 is 2.23 bits per heavy atom. The van der Waals surface area contributed by atoms with Gasteiger partial charge in [-0.05, 0) is 17.9 Å². The molecule has 116 valence electrons. The molecule has 2 aromatic heterocycles. The maximum atomic E-state index is 12.2. The highest BCUT2D eigenvalue weighted by Gasteiger charge is 2.20. The Bertz CT molecular complexity index is 678. The SMILES string of the molecule is CN(Cc1nnc2n1CCC2)C(=O)CCC(=O)c1cccs1. The second kappa shape index (κ2) is 6.39. The van der Waals surface area contributed by atoms with Crippen molar-refractivity contribution < 1.29 is 9.59 Å². The third-order valence-corrected chi connectivity index (χ3v) is 4.76. The van der Waals surface area contributed by atoms with Crippen molar-refractivity contribution in [1.82, 2.24) is 19.7 Å². The molecule has 6 nitrogen and oxygen atoms in total. The number of ketones is 1. The third-order valence-electron chi connectivity index (χ3n) is 3.85. The van der Waals surface area contributed by atoms with Gasteiger partial charge < -0.3 is 9.47 Å². The zero-order valence-corrected chi connectivity index (χ0v) is 13.3. The summed E-state index contributed by atoms with van der Waals surface area (Å²) >= 11 is 1.41. The van der Waals surface area contributed by atoms with E-state index in [0.29, 0.717) is 11.4 Å². The van der Waals surface area contributed by atoms with Crippen LogP contribution in [0.4, 0.5) is 0 Å². The molecule has 0 aliphatic carbocycles. The molecule has 3 heterocycles. The zero-order chi connectivity index (χ0) is 15.5. The third kappa shape index (κ3) is 3.09. The molecule has 1 aliphatic heterocycles. The molecule has 0 saturated heterocycles. The number of fused-ring (bicyclic) bond motifs is 1. The fourth-order valence-corrected chi connectivity index (χ4v) is 3.29. The molecule has 1 aliphatic rings. The molecule has 0 N–H and O–H groups in total. The van der Waals surface area contributed by atoms with E-state index in [1.54, 1.807) is 18.0 Å². The molecule has 0 bridgehead atoms. The number of Topliss-reactive ketones (excluding diaryl/α,β-unsaturated/α-hetero) is 1. The van der Waals surface area contributed by atoms with E-state index in [2.05, 4.69) is 14.8 Å². The number of nitrogens with zero attached hydrogens (tertiary/aromatic N) is 4. The lowest BCUT2D eigenvalue weighted by molar-refractivity contribution is -0.130. The van der Waals surface area contributed by atoms with Gasteiger partial charge in [-0.25, -0.2) is 0 Å². The topological polar surface area (TPSA) is 68.1 Å². The van der Waals surface area contributed by atoms with Crippen molar-refractivity contribution in [1.29, 1.82) is 0 Å². The van der Waals surface area contributed by atoms with Gasteiger partial charge in [0, 0.05) is 32.9 Å². The molecule has 7 heteroatoms. The molecule has 0 aromatic carbocycles. The fourth-order valence-electron chi connectivity index (χ4n) is 2.60. The lowest BCUT2D eigenvalue weighted by atomic mass is 10.2. The normalized spacial score (nSPS) is 13.1. The average Bonchev–Trinajstić information content (AvgIpc) is 3.23. The number of rotatable bonds is 6. The van der Waals surface area contributed by atoms with Crippen molar-refractivity contribution in [3.05, 3.63) is 34.0 Å². The molecule has 0 unspecified atom stereocenters. The quantitative estimate of drug-likeness (QED) is 0.763. The summed E-state index contributed by atoms with van der Waals surface area (Å²) in [5.41, 5.74) is 0. The Kier molecular flexibility index (Phi) is 4.33. The first-order valence-electron chi connectivity index (χ1n) is 7.37. The van der Waals surface area contributed by atoms with Crippen LogP contribution in [0.5, 0.6) is 0 Å². The summed E-state index contributed by atoms with van der Waals surface area (Å²) in [5, 5.41) is 10.2. The molecule has 0 radical (unpaired) electrons. The zero-order valence-electron chi connectivity index (χ0n) is 12.5. The van der Waals surface area contributed by atoms with Crippen molar-refractivity contribution >= 4 is 23.0 Å². The Balaban J connectivity index is 1.52. The van der Waals surface area contributed by atoms with Crippen LogP contribution in [0.1, 0.15) is 40.6 Å². The van der Waals surface area contributed by atoms with Gasteiger partial charge in [0.1, 0.15) is 5.82 Å². The number of aryl methyl sites for hydroxylation is 1. The van der Waals surface area contributed by atoms with Crippen LogP contribution in [0, 0.1) is 0 Å². The highest BCUT2D eigenvalue weighted by Crippen LogP contribution is 2.16. The van der Waals surface area contributed by atoms with Gasteiger partial charge in [-0.3, -0.25) is 9.59 Å². The fraction of sp³-hybridized carbons (Fsp3) is 0.467. The van der Waals surface area contributed by atoms with Gasteiger partial charge in [-0.1, -0.05) is 6.07 Å². The Hall–Kier alpha value is -2.02. The minimum atomic E-state index is -0.0414. The van der Waals surface area contributed by atoms with Gasteiger partial charge in [0.15, 0.2) is 11.6 Å². The van der Waals surface area contributed by atoms with Crippen molar-refractivity contribution in [2.75, 3.05) is 7.05 Å². The molecule has 0 spiro atoms. The molecule has 0 saturated carbocycles. The van der Waals surface area contributed by atoms with Gasteiger partial charge >= 0.3 is 0 Å². The van der Waals surface area contributed by atoms with Gasteiger partial charge in [0.25, 0.3) is 0 Å². The maximum Gasteiger partial charge on any atom is 0.223 e. The van der Waals surface area contributed by atoms with E-state index < -0.39 is 0 Å². The number of aromatic nitrogens is 3. The number of thiophene rings is 1. The van der Waals surface area contributed by atoms with Crippen LogP contribution in [0.3, 0.4) is 0 Å². The number of amides is 1. The first-order chi connectivity index (χ1) is 10.6. The van der Waals surface area contributed by atoms with Crippen LogP contribution in [0.25, 0.3) is 0 Å². The largest absolute Gasteiger partial charge is 0.338 e. The second-order valence-electron chi connectivity index (χ2n) is 5.44. The summed E-state index contributed by atoms with van der Waals surface area (Å²) in [4.78, 5) is 26.4. The molecular formula is C15H18N4O2S. The molecule has 0 fully saturated rings. The second-order valence-corrected chi connectivity index (χ2v) is 6.39. The Morgan fingerprint density at radius 1 is 1.36 bits per heavy atom. The number of carbonyl (C=O) groups excluding carboxylic acids is 2. The predicted molar refractivity (Wildman–Crippen MR) is 82.7 cm³/mol. The van der Waals surface area contributed by atoms with Crippen molar-refractivity contribution in [2.24, 2.45) is 0 Å². The van der Waals surface area contributed by atoms with E-state index in [1.807, 2.05) is 11.4 Å². The summed E-state index contributed by atoms with van der Waals surface area (Å²) in [5.74, 6) is 1.82. The average molecular weight is 318 g/mol. The van der Waals surface area contributed by atoms with E-state index in [9.17, 15) is 9.59 Å². The minimum Gasteiger partial charge on any atom is -0.338 e. The van der Waals surface area contributed by atoms with Gasteiger partial charge in [-0.15, -0.1) is 21.5 Å². The van der Waals surface area contributed by atoms with E-state index >= 15 is 0 Å². The van der Waals surface area contributed by atoms with Crippen LogP contribution in [0.15, 0.2) is 17.5 Å². The lowest BCUT2D eigenvalue weighted by Gasteiger charge is -2.16. The van der Waals surface area contributed by atoms with Crippen LogP contribution < -0.4 is 0 Å². The number of carbonyl (C=O) groups is 2. The lowest BCUT2D eigenvalue weighted by Crippen LogP contribution is -2.28. The van der Waals surface area contributed by atoms with E-state index in [0.717, 1.165) is 31.0 Å². The maximum absolute atomic E-state index is 12.2. The molecule has 2 aromatic rings. The summed E-state index contributed by atoms with van der Waals surface area (Å²) in [6.45, 7) is 1.37. The highest BCUT2D eigenvalue weighted by atomic mass is 32.1. The molecule has 22 heavy (non-hydrogen) atoms. The first kappa shape index (κ1) is 14.9. The van der Waals surface area contributed by atoms with Crippen LogP contribution in [-0.2, 0) is 24.3 Å². The Morgan fingerprint density at radius 3 is 3.00 bits per heavy atom. The smallest absolute Gasteiger partial charge is 0.223 e. The molecule has 0 atom stereocenters. The molecular weight excluding hydrogens is 300 g/mol. The monoisotopic (exact) mass is 318 g/mol. The van der Waals surface area contributed by atoms with Gasteiger partial charge in [0.05, 0.1) is 11.4 Å². The summed E-state index contributed by atoms with van der Waals surface area (Å²) in [6.07, 6.45) is 2.53. The van der Waals surface area contributed by atoms with Crippen LogP contribution >= 0.6 is 11.3 Å². The van der Waals surface area contributed by atoms with Crippen LogP contribution in [0.2, 0.25) is 0 Å². The van der Waals surface area contributed by atoms with Crippen molar-refractivity contribution in [3.63, 3.8) is 0 Å².